The third kappa shape index (κ3) is 4.91. The highest BCUT2D eigenvalue weighted by atomic mass is 16.3. The van der Waals surface area contributed by atoms with E-state index in [1.807, 2.05) is 39.8 Å². The molecule has 0 heterocycles. The zero-order valence-corrected chi connectivity index (χ0v) is 9.96. The molecule has 0 spiro atoms. The minimum absolute atomic E-state index is 0.0502. The van der Waals surface area contributed by atoms with E-state index in [0.29, 0.717) is 0 Å². The average Bonchev–Trinajstić information content (AvgIpc) is 2.02. The van der Waals surface area contributed by atoms with Crippen LogP contribution in [-0.4, -0.2) is 60.0 Å². The maximum atomic E-state index is 9.32. The van der Waals surface area contributed by atoms with Gasteiger partial charge < -0.3 is 20.4 Å². The van der Waals surface area contributed by atoms with Crippen LogP contribution in [0.25, 0.3) is 0 Å². The maximum Gasteiger partial charge on any atom is 0.0623 e. The van der Waals surface area contributed by atoms with Crippen LogP contribution in [0.4, 0.5) is 0 Å². The van der Waals surface area contributed by atoms with E-state index in [1.165, 1.54) is 0 Å². The molecular formula is C10H24N2O2. The second-order valence-electron chi connectivity index (χ2n) is 5.12. The summed E-state index contributed by atoms with van der Waals surface area (Å²) in [4.78, 5) is 2.01. The summed E-state index contributed by atoms with van der Waals surface area (Å²) in [5.41, 5.74) is -0.747. The molecule has 0 aromatic heterocycles. The molecule has 0 fully saturated rings. The Kier molecular flexibility index (Phi) is 5.01. The lowest BCUT2D eigenvalue weighted by atomic mass is 9.96. The Morgan fingerprint density at radius 2 is 1.57 bits per heavy atom. The first-order valence-corrected chi connectivity index (χ1v) is 4.90. The van der Waals surface area contributed by atoms with Crippen LogP contribution in [0.3, 0.4) is 0 Å². The van der Waals surface area contributed by atoms with Gasteiger partial charge in [-0.3, -0.25) is 0 Å². The van der Waals surface area contributed by atoms with Gasteiger partial charge in [0, 0.05) is 12.1 Å². The second-order valence-corrected chi connectivity index (χ2v) is 5.12. The Bertz CT molecular complexity index is 172. The van der Waals surface area contributed by atoms with Gasteiger partial charge in [0.2, 0.25) is 0 Å². The Hall–Kier alpha value is -0.160. The van der Waals surface area contributed by atoms with Gasteiger partial charge in [0.05, 0.1) is 18.8 Å². The van der Waals surface area contributed by atoms with Crippen LogP contribution in [0.5, 0.6) is 0 Å². The van der Waals surface area contributed by atoms with Gasteiger partial charge in [-0.05, 0) is 34.9 Å². The molecule has 0 saturated carbocycles. The number of aliphatic hydroxyl groups excluding tert-OH is 2. The van der Waals surface area contributed by atoms with Crippen LogP contribution in [0, 0.1) is 0 Å². The average molecular weight is 204 g/mol. The molecule has 1 unspecified atom stereocenters. The fourth-order valence-electron chi connectivity index (χ4n) is 1.68. The van der Waals surface area contributed by atoms with Crippen molar-refractivity contribution in [1.82, 2.24) is 10.2 Å². The number of aliphatic hydroxyl groups is 2. The van der Waals surface area contributed by atoms with Crippen molar-refractivity contribution in [3.63, 3.8) is 0 Å². The topological polar surface area (TPSA) is 55.7 Å². The quantitative estimate of drug-likeness (QED) is 0.554. The van der Waals surface area contributed by atoms with Gasteiger partial charge in [0.1, 0.15) is 0 Å². The molecule has 86 valence electrons. The van der Waals surface area contributed by atoms with Crippen molar-refractivity contribution in [3.8, 4) is 0 Å². The van der Waals surface area contributed by atoms with E-state index >= 15 is 0 Å². The smallest absolute Gasteiger partial charge is 0.0623 e. The molecule has 4 heteroatoms. The molecule has 14 heavy (non-hydrogen) atoms. The largest absolute Gasteiger partial charge is 0.394 e. The lowest BCUT2D eigenvalue weighted by Crippen LogP contribution is -2.61. The lowest BCUT2D eigenvalue weighted by molar-refractivity contribution is 0.0858. The highest BCUT2D eigenvalue weighted by Gasteiger charge is 2.30. The van der Waals surface area contributed by atoms with Crippen molar-refractivity contribution in [3.05, 3.63) is 0 Å². The first kappa shape index (κ1) is 13.8. The summed E-state index contributed by atoms with van der Waals surface area (Å²) in [6.45, 7) is 6.61. The first-order chi connectivity index (χ1) is 6.24. The van der Waals surface area contributed by atoms with E-state index in [1.54, 1.807) is 0 Å². The lowest BCUT2D eigenvalue weighted by Gasteiger charge is -2.39. The molecule has 0 aliphatic heterocycles. The van der Waals surface area contributed by atoms with Gasteiger partial charge in [-0.1, -0.05) is 0 Å². The van der Waals surface area contributed by atoms with Crippen LogP contribution < -0.4 is 5.32 Å². The molecule has 0 bridgehead atoms. The van der Waals surface area contributed by atoms with Gasteiger partial charge in [-0.15, -0.1) is 0 Å². The van der Waals surface area contributed by atoms with Gasteiger partial charge >= 0.3 is 0 Å². The predicted molar refractivity (Wildman–Crippen MR) is 58.3 cm³/mol. The fourth-order valence-corrected chi connectivity index (χ4v) is 1.68. The molecule has 0 aliphatic carbocycles. The summed E-state index contributed by atoms with van der Waals surface area (Å²) in [6.07, 6.45) is 0. The number of hydrogen-bond donors (Lipinski definition) is 3. The van der Waals surface area contributed by atoms with Gasteiger partial charge in [0.25, 0.3) is 0 Å². The molecule has 0 radical (unpaired) electrons. The zero-order chi connectivity index (χ0) is 11.4. The Morgan fingerprint density at radius 1 is 1.07 bits per heavy atom. The minimum atomic E-state index is -0.379. The van der Waals surface area contributed by atoms with Crippen molar-refractivity contribution in [2.75, 3.05) is 33.9 Å². The van der Waals surface area contributed by atoms with Crippen LogP contribution in [0.15, 0.2) is 0 Å². The number of rotatable bonds is 6. The summed E-state index contributed by atoms with van der Waals surface area (Å²) in [7, 11) is 3.92. The van der Waals surface area contributed by atoms with Crippen LogP contribution in [0.1, 0.15) is 20.8 Å². The summed E-state index contributed by atoms with van der Waals surface area (Å²) in [6, 6.07) is 0. The third-order valence-corrected chi connectivity index (χ3v) is 2.05. The van der Waals surface area contributed by atoms with E-state index in [2.05, 4.69) is 5.32 Å². The molecule has 0 saturated heterocycles. The van der Waals surface area contributed by atoms with Crippen LogP contribution in [-0.2, 0) is 0 Å². The summed E-state index contributed by atoms with van der Waals surface area (Å²) in [5, 5.41) is 21.7. The van der Waals surface area contributed by atoms with Crippen LogP contribution in [0.2, 0.25) is 0 Å². The number of nitrogens with one attached hydrogen (secondary N) is 1. The fraction of sp³-hybridized carbons (Fsp3) is 1.00. The summed E-state index contributed by atoms with van der Waals surface area (Å²) in [5.74, 6) is 0. The van der Waals surface area contributed by atoms with E-state index in [-0.39, 0.29) is 24.3 Å². The molecular weight excluding hydrogens is 180 g/mol. The Morgan fingerprint density at radius 3 is 1.86 bits per heavy atom. The second kappa shape index (κ2) is 5.07. The number of hydrogen-bond acceptors (Lipinski definition) is 4. The maximum absolute atomic E-state index is 9.32. The van der Waals surface area contributed by atoms with E-state index in [0.717, 1.165) is 6.54 Å². The normalized spacial score (nSPS) is 17.1. The SMILES string of the molecule is CN(C)CC(C)(CO)NC(C)(C)CO. The molecule has 0 aliphatic rings. The van der Waals surface area contributed by atoms with Gasteiger partial charge in [-0.2, -0.15) is 0 Å². The molecule has 0 amide bonds. The van der Waals surface area contributed by atoms with Gasteiger partial charge in [0.15, 0.2) is 0 Å². The molecule has 0 aromatic carbocycles. The third-order valence-electron chi connectivity index (χ3n) is 2.05. The highest BCUT2D eigenvalue weighted by molar-refractivity contribution is 4.92. The van der Waals surface area contributed by atoms with Crippen molar-refractivity contribution < 1.29 is 10.2 Å². The summed E-state index contributed by atoms with van der Waals surface area (Å²) < 4.78 is 0. The highest BCUT2D eigenvalue weighted by Crippen LogP contribution is 2.11. The Labute approximate surface area is 86.9 Å². The standard InChI is InChI=1S/C10H24N2O2/c1-9(2,7-13)11-10(3,8-14)6-12(4)5/h11,13-14H,6-8H2,1-5H3. The molecule has 1 atom stereocenters. The minimum Gasteiger partial charge on any atom is -0.394 e. The Balaban J connectivity index is 4.39. The molecule has 3 N–H and O–H groups in total. The van der Waals surface area contributed by atoms with Crippen molar-refractivity contribution in [2.45, 2.75) is 31.8 Å². The van der Waals surface area contributed by atoms with Crippen molar-refractivity contribution in [2.24, 2.45) is 0 Å². The van der Waals surface area contributed by atoms with E-state index in [9.17, 15) is 5.11 Å². The number of likely N-dealkylation sites (N-methyl/N-ethyl adjacent to an activating group) is 1. The van der Waals surface area contributed by atoms with Crippen molar-refractivity contribution >= 4 is 0 Å². The molecule has 4 nitrogen and oxygen atoms in total. The zero-order valence-electron chi connectivity index (χ0n) is 9.96. The monoisotopic (exact) mass is 204 g/mol. The van der Waals surface area contributed by atoms with Gasteiger partial charge in [-0.25, -0.2) is 0 Å². The predicted octanol–water partition coefficient (Wildman–Crippen LogP) is -0.340. The number of nitrogens with zero attached hydrogens (tertiary/aromatic N) is 1. The summed E-state index contributed by atoms with van der Waals surface area (Å²) >= 11 is 0. The van der Waals surface area contributed by atoms with Crippen LogP contribution >= 0.6 is 0 Å². The van der Waals surface area contributed by atoms with E-state index < -0.39 is 0 Å². The van der Waals surface area contributed by atoms with E-state index in [4.69, 9.17) is 5.11 Å². The molecule has 0 rings (SSSR count). The first-order valence-electron chi connectivity index (χ1n) is 4.90. The molecule has 0 aromatic rings. The van der Waals surface area contributed by atoms with Crippen molar-refractivity contribution in [1.29, 1.82) is 0 Å².